The van der Waals surface area contributed by atoms with Crippen LogP contribution in [0.1, 0.15) is 65.2 Å². The van der Waals surface area contributed by atoms with Crippen LogP contribution in [-0.4, -0.2) is 33.2 Å². The highest BCUT2D eigenvalue weighted by atomic mass is 16.7. The van der Waals surface area contributed by atoms with Gasteiger partial charge in [-0.3, -0.25) is 0 Å². The van der Waals surface area contributed by atoms with Crippen LogP contribution in [0.3, 0.4) is 0 Å². The van der Waals surface area contributed by atoms with Gasteiger partial charge >= 0.3 is 0 Å². The maximum Gasteiger partial charge on any atom is 0.147 e. The molecule has 0 saturated carbocycles. The Balaban J connectivity index is 3.29. The van der Waals surface area contributed by atoms with Crippen LogP contribution in [0.4, 0.5) is 0 Å². The Bertz CT molecular complexity index is 151. The zero-order valence-corrected chi connectivity index (χ0v) is 12.6. The van der Waals surface area contributed by atoms with Gasteiger partial charge in [-0.05, 0) is 12.8 Å². The lowest BCUT2D eigenvalue weighted by molar-refractivity contribution is -0.100. The van der Waals surface area contributed by atoms with E-state index in [1.807, 2.05) is 0 Å². The minimum Gasteiger partial charge on any atom is -0.382 e. The smallest absolute Gasteiger partial charge is 0.147 e. The van der Waals surface area contributed by atoms with E-state index >= 15 is 0 Å². The van der Waals surface area contributed by atoms with Gasteiger partial charge in [-0.1, -0.05) is 52.4 Å². The van der Waals surface area contributed by atoms with Gasteiger partial charge in [0.1, 0.15) is 6.79 Å². The molecule has 0 aromatic carbocycles. The lowest BCUT2D eigenvalue weighted by atomic mass is 10.1. The van der Waals surface area contributed by atoms with Crippen molar-refractivity contribution in [1.29, 1.82) is 0 Å². The molecule has 0 bridgehead atoms. The Morgan fingerprint density at radius 2 is 1.61 bits per heavy atom. The van der Waals surface area contributed by atoms with Crippen LogP contribution in [0.2, 0.25) is 0 Å². The molecule has 0 rings (SSSR count). The summed E-state index contributed by atoms with van der Waals surface area (Å²) in [5, 5.41) is 0. The van der Waals surface area contributed by atoms with Crippen LogP contribution in [0.25, 0.3) is 0 Å². The zero-order chi connectivity index (χ0) is 13.5. The monoisotopic (exact) mass is 260 g/mol. The normalized spacial score (nSPS) is 12.8. The number of ether oxygens (including phenoxy) is 3. The van der Waals surface area contributed by atoms with E-state index in [0.717, 1.165) is 12.8 Å². The first kappa shape index (κ1) is 17.9. The topological polar surface area (TPSA) is 27.7 Å². The van der Waals surface area contributed by atoms with Gasteiger partial charge in [0.25, 0.3) is 0 Å². The van der Waals surface area contributed by atoms with Gasteiger partial charge < -0.3 is 14.2 Å². The second kappa shape index (κ2) is 14.9. The maximum absolute atomic E-state index is 5.69. The molecular formula is C15H32O3. The van der Waals surface area contributed by atoms with E-state index in [1.165, 1.54) is 38.5 Å². The van der Waals surface area contributed by atoms with Crippen molar-refractivity contribution in [3.63, 3.8) is 0 Å². The molecule has 0 heterocycles. The van der Waals surface area contributed by atoms with E-state index < -0.39 is 0 Å². The number of hydrogen-bond donors (Lipinski definition) is 0. The molecule has 0 aromatic rings. The third kappa shape index (κ3) is 12.3. The van der Waals surface area contributed by atoms with Crippen LogP contribution in [0.5, 0.6) is 0 Å². The summed E-state index contributed by atoms with van der Waals surface area (Å²) in [5.74, 6) is 0. The van der Waals surface area contributed by atoms with E-state index in [1.54, 1.807) is 7.11 Å². The molecule has 0 amide bonds. The van der Waals surface area contributed by atoms with Crippen molar-refractivity contribution in [3.8, 4) is 0 Å². The van der Waals surface area contributed by atoms with E-state index in [9.17, 15) is 0 Å². The maximum atomic E-state index is 5.69. The lowest BCUT2D eigenvalue weighted by Crippen LogP contribution is -2.15. The van der Waals surface area contributed by atoms with Crippen molar-refractivity contribution >= 4 is 0 Å². The molecule has 3 nitrogen and oxygen atoms in total. The van der Waals surface area contributed by atoms with E-state index in [-0.39, 0.29) is 0 Å². The number of hydrogen-bond acceptors (Lipinski definition) is 3. The van der Waals surface area contributed by atoms with Crippen molar-refractivity contribution < 1.29 is 14.2 Å². The SMILES string of the molecule is CCCCCCCC[C@@H](CC)OCOCCOC. The Labute approximate surface area is 113 Å². The van der Waals surface area contributed by atoms with Crippen molar-refractivity contribution in [2.24, 2.45) is 0 Å². The minimum absolute atomic E-state index is 0.360. The molecule has 0 spiro atoms. The molecule has 0 aliphatic rings. The Morgan fingerprint density at radius 3 is 2.28 bits per heavy atom. The summed E-state index contributed by atoms with van der Waals surface area (Å²) in [7, 11) is 1.68. The summed E-state index contributed by atoms with van der Waals surface area (Å²) in [6.07, 6.45) is 10.7. The second-order valence-corrected chi connectivity index (χ2v) is 4.77. The quantitative estimate of drug-likeness (QED) is 0.347. The lowest BCUT2D eigenvalue weighted by Gasteiger charge is -2.16. The molecular weight excluding hydrogens is 228 g/mol. The Morgan fingerprint density at radius 1 is 0.889 bits per heavy atom. The summed E-state index contributed by atoms with van der Waals surface area (Å²) in [6, 6.07) is 0. The minimum atomic E-state index is 0.360. The van der Waals surface area contributed by atoms with E-state index in [4.69, 9.17) is 14.2 Å². The molecule has 3 heteroatoms. The standard InChI is InChI=1S/C15H32O3/c1-4-6-7-8-9-10-11-15(5-2)18-14-17-13-12-16-3/h15H,4-14H2,1-3H3/t15-/m1/s1. The predicted molar refractivity (Wildman–Crippen MR) is 75.9 cm³/mol. The summed E-state index contributed by atoms with van der Waals surface area (Å²) >= 11 is 0. The molecule has 1 atom stereocenters. The Hall–Kier alpha value is -0.120. The van der Waals surface area contributed by atoms with Crippen LogP contribution < -0.4 is 0 Å². The van der Waals surface area contributed by atoms with E-state index in [0.29, 0.717) is 26.1 Å². The number of unbranched alkanes of at least 4 members (excludes halogenated alkanes) is 5. The molecule has 0 radical (unpaired) electrons. The average Bonchev–Trinajstić information content (AvgIpc) is 2.40. The van der Waals surface area contributed by atoms with Crippen molar-refractivity contribution in [3.05, 3.63) is 0 Å². The number of rotatable bonds is 14. The van der Waals surface area contributed by atoms with Crippen LogP contribution >= 0.6 is 0 Å². The molecule has 0 aliphatic carbocycles. The van der Waals surface area contributed by atoms with Gasteiger partial charge in [0.15, 0.2) is 0 Å². The van der Waals surface area contributed by atoms with Gasteiger partial charge in [0.2, 0.25) is 0 Å². The van der Waals surface area contributed by atoms with Crippen molar-refractivity contribution in [1.82, 2.24) is 0 Å². The fraction of sp³-hybridized carbons (Fsp3) is 1.00. The highest BCUT2D eigenvalue weighted by Gasteiger charge is 2.05. The average molecular weight is 260 g/mol. The van der Waals surface area contributed by atoms with Crippen LogP contribution in [0, 0.1) is 0 Å². The predicted octanol–water partition coefficient (Wildman–Crippen LogP) is 4.15. The largest absolute Gasteiger partial charge is 0.382 e. The van der Waals surface area contributed by atoms with E-state index in [2.05, 4.69) is 13.8 Å². The fourth-order valence-electron chi connectivity index (χ4n) is 1.90. The van der Waals surface area contributed by atoms with Crippen LogP contribution in [0.15, 0.2) is 0 Å². The van der Waals surface area contributed by atoms with Gasteiger partial charge in [0.05, 0.1) is 19.3 Å². The fourth-order valence-corrected chi connectivity index (χ4v) is 1.90. The first-order chi connectivity index (χ1) is 8.85. The second-order valence-electron chi connectivity index (χ2n) is 4.77. The molecule has 18 heavy (non-hydrogen) atoms. The molecule has 0 N–H and O–H groups in total. The summed E-state index contributed by atoms with van der Waals surface area (Å²) in [6.45, 7) is 6.08. The molecule has 0 fully saturated rings. The Kier molecular flexibility index (Phi) is 14.8. The van der Waals surface area contributed by atoms with Crippen LogP contribution in [-0.2, 0) is 14.2 Å². The van der Waals surface area contributed by atoms with Gasteiger partial charge in [-0.2, -0.15) is 0 Å². The molecule has 0 saturated heterocycles. The van der Waals surface area contributed by atoms with Crippen molar-refractivity contribution in [2.75, 3.05) is 27.1 Å². The molecule has 0 aliphatic heterocycles. The first-order valence-electron chi connectivity index (χ1n) is 7.53. The van der Waals surface area contributed by atoms with Gasteiger partial charge in [0, 0.05) is 7.11 Å². The zero-order valence-electron chi connectivity index (χ0n) is 12.6. The van der Waals surface area contributed by atoms with Gasteiger partial charge in [-0.15, -0.1) is 0 Å². The molecule has 0 unspecified atom stereocenters. The third-order valence-electron chi connectivity index (χ3n) is 3.15. The van der Waals surface area contributed by atoms with Crippen molar-refractivity contribution in [2.45, 2.75) is 71.3 Å². The molecule has 0 aromatic heterocycles. The highest BCUT2D eigenvalue weighted by Crippen LogP contribution is 2.12. The van der Waals surface area contributed by atoms with Gasteiger partial charge in [-0.25, -0.2) is 0 Å². The summed E-state index contributed by atoms with van der Waals surface area (Å²) < 4.78 is 15.9. The first-order valence-corrected chi connectivity index (χ1v) is 7.53. The third-order valence-corrected chi connectivity index (χ3v) is 3.15. The molecule has 110 valence electrons. The summed E-state index contributed by atoms with van der Waals surface area (Å²) in [5.41, 5.74) is 0. The highest BCUT2D eigenvalue weighted by molar-refractivity contribution is 4.55. The summed E-state index contributed by atoms with van der Waals surface area (Å²) in [4.78, 5) is 0. The number of methoxy groups -OCH3 is 1.